The Balaban J connectivity index is 1.91. The number of amides is 1. The van der Waals surface area contributed by atoms with Crippen LogP contribution < -0.4 is 10.6 Å². The molecule has 1 aromatic heterocycles. The van der Waals surface area contributed by atoms with Gasteiger partial charge in [0.1, 0.15) is 0 Å². The molecule has 0 saturated heterocycles. The van der Waals surface area contributed by atoms with Crippen molar-refractivity contribution in [2.75, 3.05) is 18.5 Å². The molecule has 0 aliphatic carbocycles. The Bertz CT molecular complexity index is 594. The molecule has 7 heteroatoms. The van der Waals surface area contributed by atoms with Gasteiger partial charge in [0.25, 0.3) is 5.91 Å². The van der Waals surface area contributed by atoms with Crippen LogP contribution in [0.3, 0.4) is 0 Å². The highest BCUT2D eigenvalue weighted by molar-refractivity contribution is 9.13. The quantitative estimate of drug-likeness (QED) is 0.652. The average molecular weight is 434 g/mol. The topological polar surface area (TPSA) is 61.4 Å². The van der Waals surface area contributed by atoms with Crippen LogP contribution in [0.25, 0.3) is 0 Å². The molecule has 1 amide bonds. The lowest BCUT2D eigenvalue weighted by atomic mass is 10.2. The first-order valence-electron chi connectivity index (χ1n) is 6.27. The summed E-state index contributed by atoms with van der Waals surface area (Å²) in [5, 5.41) is 14.6. The fourth-order valence-electron chi connectivity index (χ4n) is 1.68. The van der Waals surface area contributed by atoms with Crippen LogP contribution in [0, 0.1) is 0 Å². The minimum absolute atomic E-state index is 0.0582. The number of halogens is 2. The van der Waals surface area contributed by atoms with Crippen molar-refractivity contribution in [3.05, 3.63) is 49.0 Å². The SMILES string of the molecule is O=C(NCCO)c1ccc(NCc2cc(Br)c(Br)s2)cc1. The molecule has 1 heterocycles. The highest BCUT2D eigenvalue weighted by Gasteiger charge is 2.06. The first-order valence-corrected chi connectivity index (χ1v) is 8.67. The van der Waals surface area contributed by atoms with E-state index >= 15 is 0 Å². The van der Waals surface area contributed by atoms with Gasteiger partial charge in [0.05, 0.1) is 10.4 Å². The fourth-order valence-corrected chi connectivity index (χ4v) is 3.80. The summed E-state index contributed by atoms with van der Waals surface area (Å²) in [6, 6.07) is 9.32. The molecular weight excluding hydrogens is 420 g/mol. The Morgan fingerprint density at radius 1 is 1.24 bits per heavy atom. The van der Waals surface area contributed by atoms with Gasteiger partial charge in [0, 0.05) is 33.7 Å². The van der Waals surface area contributed by atoms with Gasteiger partial charge in [-0.25, -0.2) is 0 Å². The number of thiophene rings is 1. The van der Waals surface area contributed by atoms with Crippen LogP contribution in [0.5, 0.6) is 0 Å². The maximum absolute atomic E-state index is 11.7. The van der Waals surface area contributed by atoms with Crippen LogP contribution in [0.1, 0.15) is 15.2 Å². The van der Waals surface area contributed by atoms with Gasteiger partial charge in [-0.05, 0) is 62.2 Å². The summed E-state index contributed by atoms with van der Waals surface area (Å²) in [6.07, 6.45) is 0. The van der Waals surface area contributed by atoms with E-state index in [-0.39, 0.29) is 19.1 Å². The largest absolute Gasteiger partial charge is 0.395 e. The zero-order valence-electron chi connectivity index (χ0n) is 11.0. The minimum Gasteiger partial charge on any atom is -0.395 e. The van der Waals surface area contributed by atoms with E-state index in [1.54, 1.807) is 23.5 Å². The number of anilines is 1. The van der Waals surface area contributed by atoms with Gasteiger partial charge in [0.2, 0.25) is 0 Å². The number of benzene rings is 1. The first-order chi connectivity index (χ1) is 10.1. The zero-order valence-corrected chi connectivity index (χ0v) is 15.0. The second kappa shape index (κ2) is 7.93. The molecule has 2 rings (SSSR count). The molecule has 3 N–H and O–H groups in total. The molecular formula is C14H14Br2N2O2S. The van der Waals surface area contributed by atoms with E-state index in [1.165, 1.54) is 4.88 Å². The second-order valence-electron chi connectivity index (χ2n) is 4.24. The minimum atomic E-state index is -0.179. The van der Waals surface area contributed by atoms with Gasteiger partial charge in [-0.15, -0.1) is 11.3 Å². The van der Waals surface area contributed by atoms with E-state index in [0.717, 1.165) is 20.5 Å². The number of rotatable bonds is 6. The van der Waals surface area contributed by atoms with E-state index in [4.69, 9.17) is 5.11 Å². The molecule has 0 aliphatic rings. The molecule has 0 unspecified atom stereocenters. The van der Waals surface area contributed by atoms with Crippen molar-refractivity contribution in [3.8, 4) is 0 Å². The Hall–Kier alpha value is -0.890. The lowest BCUT2D eigenvalue weighted by molar-refractivity contribution is 0.0945. The molecule has 1 aromatic carbocycles. The number of nitrogens with one attached hydrogen (secondary N) is 2. The molecule has 21 heavy (non-hydrogen) atoms. The Morgan fingerprint density at radius 3 is 2.52 bits per heavy atom. The highest BCUT2D eigenvalue weighted by atomic mass is 79.9. The summed E-state index contributed by atoms with van der Waals surface area (Å²) in [6.45, 7) is 0.934. The predicted molar refractivity (Wildman–Crippen MR) is 92.9 cm³/mol. The predicted octanol–water partition coefficient (Wildman–Crippen LogP) is 3.61. The van der Waals surface area contributed by atoms with Crippen LogP contribution in [0.15, 0.2) is 38.6 Å². The van der Waals surface area contributed by atoms with E-state index in [2.05, 4.69) is 48.6 Å². The van der Waals surface area contributed by atoms with Gasteiger partial charge in [-0.2, -0.15) is 0 Å². The summed E-state index contributed by atoms with van der Waals surface area (Å²) >= 11 is 8.60. The highest BCUT2D eigenvalue weighted by Crippen LogP contribution is 2.32. The van der Waals surface area contributed by atoms with E-state index in [0.29, 0.717) is 5.56 Å². The van der Waals surface area contributed by atoms with Crippen molar-refractivity contribution in [3.63, 3.8) is 0 Å². The summed E-state index contributed by atoms with van der Waals surface area (Å²) < 4.78 is 2.13. The van der Waals surface area contributed by atoms with Gasteiger partial charge in [0.15, 0.2) is 0 Å². The molecule has 4 nitrogen and oxygen atoms in total. The number of carbonyl (C=O) groups is 1. The van der Waals surface area contributed by atoms with Crippen LogP contribution in [-0.4, -0.2) is 24.2 Å². The Morgan fingerprint density at radius 2 is 1.95 bits per heavy atom. The van der Waals surface area contributed by atoms with E-state index in [9.17, 15) is 4.79 Å². The lowest BCUT2D eigenvalue weighted by Gasteiger charge is -2.07. The van der Waals surface area contributed by atoms with Crippen LogP contribution in [0.4, 0.5) is 5.69 Å². The molecule has 0 bridgehead atoms. The average Bonchev–Trinajstić information content (AvgIpc) is 2.82. The van der Waals surface area contributed by atoms with Crippen molar-refractivity contribution in [2.45, 2.75) is 6.54 Å². The van der Waals surface area contributed by atoms with E-state index < -0.39 is 0 Å². The molecule has 0 saturated carbocycles. The lowest BCUT2D eigenvalue weighted by Crippen LogP contribution is -2.26. The maximum atomic E-state index is 11.7. The first kappa shape index (κ1) is 16.5. The van der Waals surface area contributed by atoms with Gasteiger partial charge >= 0.3 is 0 Å². The molecule has 2 aromatic rings. The monoisotopic (exact) mass is 432 g/mol. The third-order valence-corrected chi connectivity index (χ3v) is 5.96. The molecule has 0 aliphatic heterocycles. The summed E-state index contributed by atoms with van der Waals surface area (Å²) in [5.74, 6) is -0.179. The molecule has 0 spiro atoms. The number of aliphatic hydroxyl groups is 1. The summed E-state index contributed by atoms with van der Waals surface area (Å²) in [7, 11) is 0. The summed E-state index contributed by atoms with van der Waals surface area (Å²) in [5.41, 5.74) is 1.53. The van der Waals surface area contributed by atoms with E-state index in [1.807, 2.05) is 12.1 Å². The van der Waals surface area contributed by atoms with Crippen molar-refractivity contribution in [1.29, 1.82) is 0 Å². The molecule has 112 valence electrons. The normalized spacial score (nSPS) is 10.4. The fraction of sp³-hybridized carbons (Fsp3) is 0.214. The third-order valence-electron chi connectivity index (χ3n) is 2.71. The van der Waals surface area contributed by atoms with Crippen molar-refractivity contribution < 1.29 is 9.90 Å². The number of aliphatic hydroxyl groups excluding tert-OH is 1. The third kappa shape index (κ3) is 4.81. The Kier molecular flexibility index (Phi) is 6.22. The van der Waals surface area contributed by atoms with Crippen molar-refractivity contribution in [2.24, 2.45) is 0 Å². The molecule has 0 fully saturated rings. The van der Waals surface area contributed by atoms with Gasteiger partial charge in [-0.1, -0.05) is 0 Å². The van der Waals surface area contributed by atoms with Crippen LogP contribution in [-0.2, 0) is 6.54 Å². The maximum Gasteiger partial charge on any atom is 0.251 e. The Labute approximate surface area is 143 Å². The summed E-state index contributed by atoms with van der Waals surface area (Å²) in [4.78, 5) is 12.9. The van der Waals surface area contributed by atoms with Crippen LogP contribution in [0.2, 0.25) is 0 Å². The van der Waals surface area contributed by atoms with Crippen molar-refractivity contribution >= 4 is 54.8 Å². The number of carbonyl (C=O) groups excluding carboxylic acids is 1. The second-order valence-corrected chi connectivity index (χ2v) is 7.55. The molecule has 0 radical (unpaired) electrons. The smallest absolute Gasteiger partial charge is 0.251 e. The zero-order chi connectivity index (χ0) is 15.2. The molecule has 0 atom stereocenters. The standard InChI is InChI=1S/C14H14Br2N2O2S/c15-12-7-11(21-13(12)16)8-18-10-3-1-9(2-4-10)14(20)17-5-6-19/h1-4,7,18-19H,5-6,8H2,(H,17,20). The van der Waals surface area contributed by atoms with Crippen LogP contribution >= 0.6 is 43.2 Å². The number of hydrogen-bond donors (Lipinski definition) is 3. The number of hydrogen-bond acceptors (Lipinski definition) is 4. The van der Waals surface area contributed by atoms with Gasteiger partial charge in [-0.3, -0.25) is 4.79 Å². The van der Waals surface area contributed by atoms with Crippen molar-refractivity contribution in [1.82, 2.24) is 5.32 Å². The van der Waals surface area contributed by atoms with Gasteiger partial charge < -0.3 is 15.7 Å².